The number of aromatic amines is 2. The number of hydrogen-bond donors (Lipinski definition) is 4. The van der Waals surface area contributed by atoms with Crippen molar-refractivity contribution in [2.24, 2.45) is 35.5 Å². The van der Waals surface area contributed by atoms with E-state index < -0.39 is 24.3 Å². The summed E-state index contributed by atoms with van der Waals surface area (Å²) in [7, 11) is 2.65. The van der Waals surface area contributed by atoms with Gasteiger partial charge in [0.05, 0.1) is 48.4 Å². The molecule has 4 bridgehead atoms. The lowest BCUT2D eigenvalue weighted by atomic mass is 9.87. The summed E-state index contributed by atoms with van der Waals surface area (Å²) < 4.78 is 9.80. The number of aryl methyl sites for hydroxylation is 4. The molecule has 14 heteroatoms. The fourth-order valence-electron chi connectivity index (χ4n) is 13.3. The number of H-pyrrole nitrogens is 2. The third-order valence-electron chi connectivity index (χ3n) is 17.0. The number of hydrogen-bond acceptors (Lipinski definition) is 8. The van der Waals surface area contributed by atoms with Gasteiger partial charge in [-0.05, 0) is 156 Å². The van der Waals surface area contributed by atoms with Crippen molar-refractivity contribution in [2.75, 3.05) is 27.3 Å². The van der Waals surface area contributed by atoms with E-state index in [1.807, 2.05) is 37.5 Å². The minimum Gasteiger partial charge on any atom is -0.453 e. The van der Waals surface area contributed by atoms with Gasteiger partial charge >= 0.3 is 12.2 Å². The number of aromatic nitrogens is 4. The molecule has 376 valence electrons. The van der Waals surface area contributed by atoms with Gasteiger partial charge in [-0.15, -0.1) is 0 Å². The summed E-state index contributed by atoms with van der Waals surface area (Å²) in [6, 6.07) is 25.2. The first-order valence-electron chi connectivity index (χ1n) is 26.4. The van der Waals surface area contributed by atoms with E-state index in [1.165, 1.54) is 47.6 Å². The number of methoxy groups -OCH3 is 2. The van der Waals surface area contributed by atoms with Gasteiger partial charge in [-0.3, -0.25) is 9.59 Å². The van der Waals surface area contributed by atoms with Crippen molar-refractivity contribution in [2.45, 2.75) is 116 Å². The quantitative estimate of drug-likeness (QED) is 0.105. The Balaban J connectivity index is 0.850. The summed E-state index contributed by atoms with van der Waals surface area (Å²) in [6.45, 7) is 9.13. The van der Waals surface area contributed by atoms with Crippen LogP contribution in [-0.2, 0) is 44.7 Å². The number of alkyl carbamates (subject to hydrolysis) is 2. The Bertz CT molecular complexity index is 2860. The first kappa shape index (κ1) is 47.6. The van der Waals surface area contributed by atoms with E-state index in [2.05, 4.69) is 93.4 Å². The van der Waals surface area contributed by atoms with E-state index in [1.54, 1.807) is 0 Å². The van der Waals surface area contributed by atoms with Gasteiger partial charge in [0.25, 0.3) is 0 Å². The van der Waals surface area contributed by atoms with Crippen LogP contribution in [0.25, 0.3) is 44.3 Å². The summed E-state index contributed by atoms with van der Waals surface area (Å²) in [5, 5.41) is 5.62. The summed E-state index contributed by atoms with van der Waals surface area (Å²) in [6.07, 6.45) is 8.83. The van der Waals surface area contributed by atoms with Crippen LogP contribution >= 0.6 is 0 Å². The zero-order valence-corrected chi connectivity index (χ0v) is 42.4. The van der Waals surface area contributed by atoms with E-state index in [0.717, 1.165) is 109 Å². The molecule has 2 saturated heterocycles. The lowest BCUT2D eigenvalue weighted by molar-refractivity contribution is -0.136. The molecule has 4 aromatic carbocycles. The van der Waals surface area contributed by atoms with Crippen LogP contribution in [0.2, 0.25) is 0 Å². The van der Waals surface area contributed by atoms with E-state index in [0.29, 0.717) is 36.8 Å². The number of carbonyl (C=O) groups excluding carboxylic acids is 4. The molecular formula is C58H68N8O6. The molecule has 6 aliphatic carbocycles. The van der Waals surface area contributed by atoms with Crippen LogP contribution in [0, 0.1) is 35.5 Å². The number of imidazole rings is 2. The van der Waals surface area contributed by atoms with Crippen LogP contribution in [-0.4, -0.2) is 93.1 Å². The minimum atomic E-state index is -0.691. The van der Waals surface area contributed by atoms with Crippen molar-refractivity contribution in [1.29, 1.82) is 0 Å². The van der Waals surface area contributed by atoms with Crippen molar-refractivity contribution in [3.63, 3.8) is 0 Å². The molecule has 72 heavy (non-hydrogen) atoms. The topological polar surface area (TPSA) is 175 Å². The first-order valence-corrected chi connectivity index (χ1v) is 26.4. The zero-order chi connectivity index (χ0) is 49.9. The summed E-state index contributed by atoms with van der Waals surface area (Å²) in [5.41, 5.74) is 13.5. The van der Waals surface area contributed by atoms with Gasteiger partial charge in [0.1, 0.15) is 23.7 Å². The fourth-order valence-corrected chi connectivity index (χ4v) is 13.3. The van der Waals surface area contributed by atoms with E-state index in [4.69, 9.17) is 19.4 Å². The van der Waals surface area contributed by atoms with E-state index >= 15 is 0 Å². The third-order valence-corrected chi connectivity index (χ3v) is 17.0. The average molecular weight is 973 g/mol. The summed E-state index contributed by atoms with van der Waals surface area (Å²) in [5.74, 6) is 2.67. The number of nitrogens with one attached hydrogen (secondary N) is 4. The standard InChI is InChI=1S/C58H68N8O6/c1-31(2)49(63-57(69)71-5)55(67)65-29-39-9-7-11-41(39)51(65)53-59-45-23-21-37(27-47(45)61-53)43-25-33-13-17-35(43)19-15-34-14-18-36(20-16-33)44(26-34)38-22-24-46-48(28-38)62-54(60-46)52-42-12-8-10-40(42)30-66(52)56(68)50(32(3)4)64-58(70)72-6/h13-14,17-18,21-28,31-32,39-42,49-52H,7-12,15-16,19-20,29-30H2,1-6H3,(H,59,61)(H,60,62)(H,63,69)(H,64,70). The number of amides is 4. The average Bonchev–Trinajstić information content (AvgIpc) is 4.24. The normalized spacial score (nSPS) is 23.3. The van der Waals surface area contributed by atoms with E-state index in [9.17, 15) is 19.2 Å². The molecule has 14 rings (SSSR count). The Morgan fingerprint density at radius 2 is 1.00 bits per heavy atom. The molecule has 4 N–H and O–H groups in total. The highest BCUT2D eigenvalue weighted by Crippen LogP contribution is 2.51. The van der Waals surface area contributed by atoms with Crippen LogP contribution in [0.4, 0.5) is 9.59 Å². The maximum Gasteiger partial charge on any atom is 0.407 e. The molecule has 8 unspecified atom stereocenters. The largest absolute Gasteiger partial charge is 0.453 e. The van der Waals surface area contributed by atoms with Crippen molar-refractivity contribution in [1.82, 2.24) is 40.4 Å². The summed E-state index contributed by atoms with van der Waals surface area (Å²) in [4.78, 5) is 74.9. The highest BCUT2D eigenvalue weighted by atomic mass is 16.5. The van der Waals surface area contributed by atoms with Gasteiger partial charge < -0.3 is 39.9 Å². The zero-order valence-electron chi connectivity index (χ0n) is 42.4. The molecule has 8 atom stereocenters. The minimum absolute atomic E-state index is 0.0858. The Kier molecular flexibility index (Phi) is 12.8. The van der Waals surface area contributed by atoms with Gasteiger partial charge in [0.2, 0.25) is 11.8 Å². The highest BCUT2D eigenvalue weighted by molar-refractivity contribution is 5.89. The van der Waals surface area contributed by atoms with Gasteiger partial charge in [-0.1, -0.05) is 89.1 Å². The molecule has 2 aliphatic heterocycles. The van der Waals surface area contributed by atoms with Gasteiger partial charge in [0.15, 0.2) is 0 Å². The second kappa shape index (κ2) is 19.4. The smallest absolute Gasteiger partial charge is 0.407 e. The third kappa shape index (κ3) is 8.78. The number of likely N-dealkylation sites (tertiary alicyclic amines) is 2. The number of benzene rings is 4. The molecule has 4 fully saturated rings. The predicted octanol–water partition coefficient (Wildman–Crippen LogP) is 10.0. The van der Waals surface area contributed by atoms with Crippen molar-refractivity contribution >= 4 is 46.1 Å². The monoisotopic (exact) mass is 973 g/mol. The lowest BCUT2D eigenvalue weighted by Crippen LogP contribution is -2.51. The lowest BCUT2D eigenvalue weighted by Gasteiger charge is -2.31. The SMILES string of the molecule is COC(=O)NC(C(=O)N1CC2CCCC2C1c1nc2ccc(-c3cc4ccc3CCc3ccc(c(-c5ccc6nc(C7C8CCCC8CN7C(=O)C(NC(=O)OC)C(C)C)[nH]c6c5)c3)CC4)cc2[nH]1)C(C)C. The molecule has 0 radical (unpaired) electrons. The Hall–Kier alpha value is -6.70. The Morgan fingerprint density at radius 3 is 1.40 bits per heavy atom. The second-order valence-electron chi connectivity index (χ2n) is 22.0. The van der Waals surface area contributed by atoms with Crippen LogP contribution in [0.5, 0.6) is 0 Å². The van der Waals surface area contributed by atoms with Crippen molar-refractivity contribution in [3.05, 3.63) is 107 Å². The van der Waals surface area contributed by atoms with Crippen LogP contribution in [0.15, 0.2) is 72.8 Å². The molecule has 8 aliphatic rings. The maximum atomic E-state index is 14.3. The van der Waals surface area contributed by atoms with Gasteiger partial charge in [-0.2, -0.15) is 0 Å². The molecule has 14 nitrogen and oxygen atoms in total. The molecule has 0 spiro atoms. The molecule has 4 amide bonds. The van der Waals surface area contributed by atoms with E-state index in [-0.39, 0.29) is 35.7 Å². The van der Waals surface area contributed by atoms with Crippen LogP contribution < -0.4 is 10.6 Å². The molecule has 2 saturated carbocycles. The van der Waals surface area contributed by atoms with Crippen molar-refractivity contribution in [3.8, 4) is 22.3 Å². The second-order valence-corrected chi connectivity index (χ2v) is 22.0. The number of rotatable bonds is 10. The Labute approximate surface area is 421 Å². The predicted molar refractivity (Wildman–Crippen MR) is 277 cm³/mol. The number of carbonyl (C=O) groups is 4. The molecule has 4 heterocycles. The van der Waals surface area contributed by atoms with Crippen molar-refractivity contribution < 1.29 is 28.7 Å². The fraction of sp³-hybridized carbons (Fsp3) is 0.483. The number of nitrogens with zero attached hydrogens (tertiary/aromatic N) is 4. The molecule has 2 aromatic heterocycles. The van der Waals surface area contributed by atoms with Crippen LogP contribution in [0.3, 0.4) is 0 Å². The highest BCUT2D eigenvalue weighted by Gasteiger charge is 2.51. The number of fused-ring (bicyclic) bond motifs is 4. The van der Waals surface area contributed by atoms with Gasteiger partial charge in [-0.25, -0.2) is 19.6 Å². The number of ether oxygens (including phenoxy) is 2. The molecule has 6 aromatic rings. The molecular weight excluding hydrogens is 905 g/mol. The maximum absolute atomic E-state index is 14.3. The Morgan fingerprint density at radius 1 is 0.569 bits per heavy atom. The summed E-state index contributed by atoms with van der Waals surface area (Å²) >= 11 is 0. The van der Waals surface area contributed by atoms with Gasteiger partial charge in [0, 0.05) is 13.1 Å². The van der Waals surface area contributed by atoms with Crippen LogP contribution in [0.1, 0.15) is 112 Å². The first-order chi connectivity index (χ1) is 34.8.